The largest absolute Gasteiger partial charge is 0.393 e. The van der Waals surface area contributed by atoms with Crippen LogP contribution < -0.4 is 0 Å². The highest BCUT2D eigenvalue weighted by atomic mass is 16.3. The summed E-state index contributed by atoms with van der Waals surface area (Å²) in [5.41, 5.74) is 9.62. The smallest absolute Gasteiger partial charge is 0.0545 e. The van der Waals surface area contributed by atoms with Crippen LogP contribution in [0.15, 0.2) is 5.11 Å². The van der Waals surface area contributed by atoms with Crippen molar-refractivity contribution in [2.75, 3.05) is 0 Å². The first-order chi connectivity index (χ1) is 11.9. The van der Waals surface area contributed by atoms with Crippen molar-refractivity contribution in [2.45, 2.75) is 90.7 Å². The Morgan fingerprint density at radius 2 is 1.72 bits per heavy atom. The molecule has 1 N–H and O–H groups in total. The zero-order chi connectivity index (χ0) is 17.8. The number of hydrogen-bond donors (Lipinski definition) is 1. The van der Waals surface area contributed by atoms with Gasteiger partial charge < -0.3 is 5.11 Å². The van der Waals surface area contributed by atoms with Crippen molar-refractivity contribution in [1.29, 1.82) is 0 Å². The molecule has 0 saturated heterocycles. The number of fused-ring (bicyclic) bond motifs is 5. The van der Waals surface area contributed by atoms with Gasteiger partial charge in [-0.2, -0.15) is 0 Å². The summed E-state index contributed by atoms with van der Waals surface area (Å²) in [6.45, 7) is 7.06. The lowest BCUT2D eigenvalue weighted by molar-refractivity contribution is -0.120. The summed E-state index contributed by atoms with van der Waals surface area (Å²) in [5.74, 6) is 3.78. The molecule has 4 aliphatic carbocycles. The third-order valence-corrected chi connectivity index (χ3v) is 9.51. The Balaban J connectivity index is 1.57. The fraction of sp³-hybridized carbons (Fsp3) is 1.00. The van der Waals surface area contributed by atoms with Gasteiger partial charge in [-0.05, 0) is 111 Å². The maximum atomic E-state index is 10.3. The van der Waals surface area contributed by atoms with Gasteiger partial charge in [0.25, 0.3) is 0 Å². The molecule has 4 rings (SSSR count). The van der Waals surface area contributed by atoms with Crippen molar-refractivity contribution < 1.29 is 5.11 Å². The predicted molar refractivity (Wildman–Crippen MR) is 99.8 cm³/mol. The number of hydrogen-bond acceptors (Lipinski definition) is 2. The molecule has 0 aromatic rings. The summed E-state index contributed by atoms with van der Waals surface area (Å²) in [6, 6.07) is 0.236. The van der Waals surface area contributed by atoms with Gasteiger partial charge in [-0.15, -0.1) is 0 Å². The predicted octanol–water partition coefficient (Wildman–Crippen LogP) is 5.71. The lowest BCUT2D eigenvalue weighted by atomic mass is 9.44. The van der Waals surface area contributed by atoms with Gasteiger partial charge >= 0.3 is 0 Å². The fourth-order valence-corrected chi connectivity index (χ4v) is 8.25. The molecule has 25 heavy (non-hydrogen) atoms. The van der Waals surface area contributed by atoms with E-state index in [1.54, 1.807) is 0 Å². The third kappa shape index (κ3) is 2.55. The van der Waals surface area contributed by atoms with Crippen LogP contribution in [0, 0.1) is 40.4 Å². The Bertz CT molecular complexity index is 571. The SMILES string of the molecule is CC(O)[C@H]1CCC2C3CCC4CC(N=[N+]=[N-])CCC4(C)C3CCC21C. The van der Waals surface area contributed by atoms with Crippen LogP contribution >= 0.6 is 0 Å². The van der Waals surface area contributed by atoms with Crippen molar-refractivity contribution in [3.63, 3.8) is 0 Å². The van der Waals surface area contributed by atoms with Gasteiger partial charge in [0, 0.05) is 11.0 Å². The molecule has 0 radical (unpaired) electrons. The Morgan fingerprint density at radius 3 is 2.44 bits per heavy atom. The van der Waals surface area contributed by atoms with E-state index in [9.17, 15) is 5.11 Å². The molecule has 0 bridgehead atoms. The molecule has 4 fully saturated rings. The molecule has 0 aromatic heterocycles. The Kier molecular flexibility index (Phi) is 4.36. The maximum absolute atomic E-state index is 10.3. The summed E-state index contributed by atoms with van der Waals surface area (Å²) in [7, 11) is 0. The molecule has 4 saturated carbocycles. The average Bonchev–Trinajstić information content (AvgIpc) is 2.93. The second kappa shape index (κ2) is 6.16. The monoisotopic (exact) mass is 345 g/mol. The normalized spacial score (nSPS) is 53.1. The van der Waals surface area contributed by atoms with Crippen molar-refractivity contribution in [3.05, 3.63) is 10.4 Å². The topological polar surface area (TPSA) is 69.0 Å². The molecule has 0 aliphatic heterocycles. The number of rotatable bonds is 2. The van der Waals surface area contributed by atoms with Gasteiger partial charge in [-0.25, -0.2) is 0 Å². The Labute approximate surface area is 152 Å². The lowest BCUT2D eigenvalue weighted by Crippen LogP contribution is -2.54. The molecule has 0 heterocycles. The van der Waals surface area contributed by atoms with Crippen LogP contribution in [-0.4, -0.2) is 17.3 Å². The summed E-state index contributed by atoms with van der Waals surface area (Å²) in [6.07, 6.45) is 11.2. The van der Waals surface area contributed by atoms with E-state index >= 15 is 0 Å². The van der Waals surface area contributed by atoms with Gasteiger partial charge in [0.05, 0.1) is 6.10 Å². The molecule has 8 unspecified atom stereocenters. The van der Waals surface area contributed by atoms with Crippen LogP contribution in [-0.2, 0) is 0 Å². The van der Waals surface area contributed by atoms with E-state index in [4.69, 9.17) is 5.53 Å². The van der Waals surface area contributed by atoms with Crippen molar-refractivity contribution >= 4 is 0 Å². The third-order valence-electron chi connectivity index (χ3n) is 9.51. The van der Waals surface area contributed by atoms with Crippen LogP contribution in [0.2, 0.25) is 0 Å². The quantitative estimate of drug-likeness (QED) is 0.389. The van der Waals surface area contributed by atoms with Gasteiger partial charge in [-0.1, -0.05) is 19.0 Å². The maximum Gasteiger partial charge on any atom is 0.0545 e. The average molecular weight is 346 g/mol. The number of azide groups is 1. The van der Waals surface area contributed by atoms with Crippen LogP contribution in [0.25, 0.3) is 10.4 Å². The minimum absolute atomic E-state index is 0.155. The number of aliphatic hydroxyl groups excluding tert-OH is 1. The molecule has 0 amide bonds. The molecule has 4 nitrogen and oxygen atoms in total. The van der Waals surface area contributed by atoms with Gasteiger partial charge in [-0.3, -0.25) is 0 Å². The van der Waals surface area contributed by atoms with Crippen molar-refractivity contribution in [2.24, 2.45) is 45.5 Å². The van der Waals surface area contributed by atoms with E-state index in [1.165, 1.54) is 44.9 Å². The van der Waals surface area contributed by atoms with E-state index in [1.807, 2.05) is 6.92 Å². The van der Waals surface area contributed by atoms with Gasteiger partial charge in [0.1, 0.15) is 0 Å². The highest BCUT2D eigenvalue weighted by Gasteiger charge is 2.60. The molecule has 0 spiro atoms. The highest BCUT2D eigenvalue weighted by Crippen LogP contribution is 2.67. The van der Waals surface area contributed by atoms with E-state index in [2.05, 4.69) is 23.9 Å². The van der Waals surface area contributed by atoms with E-state index in [-0.39, 0.29) is 12.1 Å². The number of nitrogens with zero attached hydrogens (tertiary/aromatic N) is 3. The highest BCUT2D eigenvalue weighted by molar-refractivity contribution is 5.10. The molecule has 4 aliphatic rings. The summed E-state index contributed by atoms with van der Waals surface area (Å²) >= 11 is 0. The standard InChI is InChI=1S/C21H35N3O/c1-13(25)17-6-7-18-16-5-4-14-12-15(23-24-22)8-10-20(14,2)19(16)9-11-21(17,18)3/h13-19,25H,4-12H2,1-3H3/t13?,14?,15?,16?,17-,18?,19?,20?,21?/m1/s1. The zero-order valence-electron chi connectivity index (χ0n) is 16.2. The van der Waals surface area contributed by atoms with E-state index < -0.39 is 0 Å². The second-order valence-corrected chi connectivity index (χ2v) is 10.3. The second-order valence-electron chi connectivity index (χ2n) is 10.3. The molecule has 140 valence electrons. The number of aliphatic hydroxyl groups is 1. The molecule has 4 heteroatoms. The van der Waals surface area contributed by atoms with Crippen molar-refractivity contribution in [3.8, 4) is 0 Å². The van der Waals surface area contributed by atoms with E-state index in [0.717, 1.165) is 36.5 Å². The molecular weight excluding hydrogens is 310 g/mol. The van der Waals surface area contributed by atoms with Crippen LogP contribution in [0.1, 0.15) is 78.6 Å². The van der Waals surface area contributed by atoms with Crippen LogP contribution in [0.5, 0.6) is 0 Å². The summed E-state index contributed by atoms with van der Waals surface area (Å²) in [5, 5.41) is 14.4. The van der Waals surface area contributed by atoms with E-state index in [0.29, 0.717) is 16.7 Å². The van der Waals surface area contributed by atoms with Crippen LogP contribution in [0.4, 0.5) is 0 Å². The minimum Gasteiger partial charge on any atom is -0.393 e. The van der Waals surface area contributed by atoms with Crippen LogP contribution in [0.3, 0.4) is 0 Å². The fourth-order valence-electron chi connectivity index (χ4n) is 8.25. The zero-order valence-corrected chi connectivity index (χ0v) is 16.2. The first-order valence-corrected chi connectivity index (χ1v) is 10.6. The molecule has 9 atom stereocenters. The minimum atomic E-state index is -0.155. The van der Waals surface area contributed by atoms with Crippen molar-refractivity contribution in [1.82, 2.24) is 0 Å². The summed E-state index contributed by atoms with van der Waals surface area (Å²) in [4.78, 5) is 3.08. The van der Waals surface area contributed by atoms with Gasteiger partial charge in [0.2, 0.25) is 0 Å². The lowest BCUT2D eigenvalue weighted by Gasteiger charge is -2.61. The Morgan fingerprint density at radius 1 is 1.00 bits per heavy atom. The Hall–Kier alpha value is -0.730. The summed E-state index contributed by atoms with van der Waals surface area (Å²) < 4.78 is 0. The van der Waals surface area contributed by atoms with Gasteiger partial charge in [0.15, 0.2) is 0 Å². The molecule has 0 aromatic carbocycles. The molecular formula is C21H35N3O. The first-order valence-electron chi connectivity index (χ1n) is 10.6. The first kappa shape index (κ1) is 17.7.